The van der Waals surface area contributed by atoms with E-state index in [1.165, 1.54) is 17.5 Å². The largest absolute Gasteiger partial charge is 0.379 e. The van der Waals surface area contributed by atoms with Crippen LogP contribution in [-0.2, 0) is 17.6 Å². The second-order valence-corrected chi connectivity index (χ2v) is 5.98. The molecular formula is C16H21N5O. The van der Waals surface area contributed by atoms with E-state index in [1.54, 1.807) is 0 Å². The molecule has 1 saturated heterocycles. The minimum absolute atomic E-state index is 0.624. The van der Waals surface area contributed by atoms with Gasteiger partial charge in [-0.1, -0.05) is 0 Å². The molecule has 2 aromatic rings. The quantitative estimate of drug-likeness (QED) is 0.917. The number of morpholine rings is 1. The van der Waals surface area contributed by atoms with E-state index in [2.05, 4.69) is 37.5 Å². The number of ether oxygens (including phenoxy) is 1. The number of nitrogens with one attached hydrogen (secondary N) is 1. The molecule has 0 atom stereocenters. The van der Waals surface area contributed by atoms with Crippen molar-refractivity contribution in [2.24, 2.45) is 0 Å². The van der Waals surface area contributed by atoms with Crippen molar-refractivity contribution in [3.8, 4) is 0 Å². The predicted octanol–water partition coefficient (Wildman–Crippen LogP) is 1.26. The molecule has 116 valence electrons. The fraction of sp³-hybridized carbons (Fsp3) is 0.562. The summed E-state index contributed by atoms with van der Waals surface area (Å²) in [5, 5.41) is 11.8. The molecule has 2 heterocycles. The second-order valence-electron chi connectivity index (χ2n) is 5.98. The third-order valence-electron chi connectivity index (χ3n) is 4.48. The Balaban J connectivity index is 1.42. The van der Waals surface area contributed by atoms with Crippen LogP contribution in [-0.4, -0.2) is 59.5 Å². The Bertz CT molecular complexity index is 669. The number of aromatic nitrogens is 3. The summed E-state index contributed by atoms with van der Waals surface area (Å²) in [4.78, 5) is 6.99. The van der Waals surface area contributed by atoms with Gasteiger partial charge in [-0.25, -0.2) is 4.98 Å². The summed E-state index contributed by atoms with van der Waals surface area (Å²) in [5.41, 5.74) is 4.69. The molecule has 6 nitrogen and oxygen atoms in total. The van der Waals surface area contributed by atoms with E-state index in [0.717, 1.165) is 63.3 Å². The molecule has 1 aliphatic heterocycles. The van der Waals surface area contributed by atoms with E-state index < -0.39 is 0 Å². The van der Waals surface area contributed by atoms with Gasteiger partial charge in [0.1, 0.15) is 5.52 Å². The van der Waals surface area contributed by atoms with Gasteiger partial charge in [0, 0.05) is 26.2 Å². The monoisotopic (exact) mass is 299 g/mol. The Labute approximate surface area is 129 Å². The molecule has 1 aromatic heterocycles. The summed E-state index contributed by atoms with van der Waals surface area (Å²) < 4.78 is 5.35. The first-order valence-electron chi connectivity index (χ1n) is 8.09. The molecule has 1 N–H and O–H groups in total. The summed E-state index contributed by atoms with van der Waals surface area (Å²) in [6.07, 6.45) is 3.56. The number of hydrogen-bond acceptors (Lipinski definition) is 6. The van der Waals surface area contributed by atoms with E-state index in [1.807, 2.05) is 0 Å². The van der Waals surface area contributed by atoms with Crippen molar-refractivity contribution in [1.29, 1.82) is 0 Å². The molecule has 0 bridgehead atoms. The zero-order chi connectivity index (χ0) is 14.8. The van der Waals surface area contributed by atoms with Crippen molar-refractivity contribution < 1.29 is 4.74 Å². The molecule has 4 rings (SSSR count). The van der Waals surface area contributed by atoms with Gasteiger partial charge in [0.15, 0.2) is 0 Å². The lowest BCUT2D eigenvalue weighted by Gasteiger charge is -2.26. The number of nitrogens with zero attached hydrogens (tertiary/aromatic N) is 4. The molecule has 1 aromatic carbocycles. The Morgan fingerprint density at radius 2 is 1.82 bits per heavy atom. The van der Waals surface area contributed by atoms with Crippen LogP contribution in [0.15, 0.2) is 12.1 Å². The first-order valence-corrected chi connectivity index (χ1v) is 8.09. The van der Waals surface area contributed by atoms with Gasteiger partial charge in [-0.3, -0.25) is 4.90 Å². The maximum atomic E-state index is 5.35. The lowest BCUT2D eigenvalue weighted by molar-refractivity contribution is 0.0398. The molecular weight excluding hydrogens is 278 g/mol. The zero-order valence-corrected chi connectivity index (χ0v) is 12.7. The number of aryl methyl sites for hydroxylation is 2. The number of fused-ring (bicyclic) bond motifs is 2. The molecule has 6 heteroatoms. The average molecular weight is 299 g/mol. The van der Waals surface area contributed by atoms with Crippen molar-refractivity contribution in [2.75, 3.05) is 44.7 Å². The molecule has 1 fully saturated rings. The van der Waals surface area contributed by atoms with Crippen molar-refractivity contribution in [3.05, 3.63) is 23.3 Å². The molecule has 1 aliphatic carbocycles. The van der Waals surface area contributed by atoms with Gasteiger partial charge in [-0.2, -0.15) is 0 Å². The smallest absolute Gasteiger partial charge is 0.243 e. The predicted molar refractivity (Wildman–Crippen MR) is 85.1 cm³/mol. The Morgan fingerprint density at radius 3 is 2.64 bits per heavy atom. The van der Waals surface area contributed by atoms with Crippen molar-refractivity contribution in [2.45, 2.75) is 19.3 Å². The van der Waals surface area contributed by atoms with E-state index in [9.17, 15) is 0 Å². The minimum Gasteiger partial charge on any atom is -0.379 e. The van der Waals surface area contributed by atoms with Crippen LogP contribution in [0.25, 0.3) is 11.0 Å². The van der Waals surface area contributed by atoms with Crippen LogP contribution in [0.4, 0.5) is 5.95 Å². The number of anilines is 1. The number of hydrogen-bond donors (Lipinski definition) is 1. The van der Waals surface area contributed by atoms with Gasteiger partial charge in [0.25, 0.3) is 0 Å². The van der Waals surface area contributed by atoms with E-state index in [-0.39, 0.29) is 0 Å². The summed E-state index contributed by atoms with van der Waals surface area (Å²) in [6, 6.07) is 4.33. The molecule has 2 aliphatic rings. The van der Waals surface area contributed by atoms with Gasteiger partial charge >= 0.3 is 0 Å². The van der Waals surface area contributed by atoms with Crippen molar-refractivity contribution in [1.82, 2.24) is 20.1 Å². The number of rotatable bonds is 4. The maximum absolute atomic E-state index is 5.35. The highest BCUT2D eigenvalue weighted by Crippen LogP contribution is 2.25. The molecule has 0 unspecified atom stereocenters. The first kappa shape index (κ1) is 13.8. The molecule has 0 radical (unpaired) electrons. The van der Waals surface area contributed by atoms with Crippen LogP contribution in [0.2, 0.25) is 0 Å². The molecule has 0 saturated carbocycles. The first-order chi connectivity index (χ1) is 10.9. The normalized spacial score (nSPS) is 18.5. The SMILES string of the molecule is c1c2c(cc3nc(NCCN4CCOCC4)nnc13)CCC2. The van der Waals surface area contributed by atoms with Gasteiger partial charge in [0.2, 0.25) is 5.95 Å². The Kier molecular flexibility index (Phi) is 3.86. The Morgan fingerprint density at radius 1 is 1.05 bits per heavy atom. The lowest BCUT2D eigenvalue weighted by Crippen LogP contribution is -2.39. The van der Waals surface area contributed by atoms with Crippen LogP contribution >= 0.6 is 0 Å². The third kappa shape index (κ3) is 2.89. The fourth-order valence-electron chi connectivity index (χ4n) is 3.23. The van der Waals surface area contributed by atoms with Crippen molar-refractivity contribution in [3.63, 3.8) is 0 Å². The second kappa shape index (κ2) is 6.14. The van der Waals surface area contributed by atoms with Crippen molar-refractivity contribution >= 4 is 17.0 Å². The highest BCUT2D eigenvalue weighted by molar-refractivity contribution is 5.77. The van der Waals surface area contributed by atoms with Crippen LogP contribution in [0.1, 0.15) is 17.5 Å². The van der Waals surface area contributed by atoms with E-state index >= 15 is 0 Å². The minimum atomic E-state index is 0.624. The topological polar surface area (TPSA) is 63.2 Å². The highest BCUT2D eigenvalue weighted by atomic mass is 16.5. The molecule has 0 amide bonds. The summed E-state index contributed by atoms with van der Waals surface area (Å²) in [5.74, 6) is 0.624. The molecule has 0 spiro atoms. The summed E-state index contributed by atoms with van der Waals surface area (Å²) in [6.45, 7) is 5.49. The van der Waals surface area contributed by atoms with Crippen LogP contribution in [0.5, 0.6) is 0 Å². The maximum Gasteiger partial charge on any atom is 0.243 e. The fourth-order valence-corrected chi connectivity index (χ4v) is 3.23. The van der Waals surface area contributed by atoms with Crippen LogP contribution < -0.4 is 5.32 Å². The van der Waals surface area contributed by atoms with Gasteiger partial charge < -0.3 is 10.1 Å². The van der Waals surface area contributed by atoms with Crippen LogP contribution in [0.3, 0.4) is 0 Å². The van der Waals surface area contributed by atoms with E-state index in [0.29, 0.717) is 5.95 Å². The van der Waals surface area contributed by atoms with Gasteiger partial charge in [0.05, 0.1) is 18.7 Å². The summed E-state index contributed by atoms with van der Waals surface area (Å²) >= 11 is 0. The third-order valence-corrected chi connectivity index (χ3v) is 4.48. The summed E-state index contributed by atoms with van der Waals surface area (Å²) in [7, 11) is 0. The highest BCUT2D eigenvalue weighted by Gasteiger charge is 2.14. The average Bonchev–Trinajstić information content (AvgIpc) is 3.01. The van der Waals surface area contributed by atoms with Gasteiger partial charge in [-0.15, -0.1) is 10.2 Å². The van der Waals surface area contributed by atoms with Gasteiger partial charge in [-0.05, 0) is 42.5 Å². The van der Waals surface area contributed by atoms with E-state index in [4.69, 9.17) is 4.74 Å². The zero-order valence-electron chi connectivity index (χ0n) is 12.7. The number of benzene rings is 1. The standard InChI is InChI=1S/C16H21N5O/c1-2-12-10-14-15(11-13(12)3-1)19-20-16(18-14)17-4-5-21-6-8-22-9-7-21/h10-11H,1-9H2,(H,17,18,20). The Hall–Kier alpha value is -1.79. The lowest BCUT2D eigenvalue weighted by atomic mass is 10.1. The van der Waals surface area contributed by atoms with Crippen LogP contribution in [0, 0.1) is 0 Å². The molecule has 22 heavy (non-hydrogen) atoms.